The van der Waals surface area contributed by atoms with Gasteiger partial charge in [-0.2, -0.15) is 0 Å². The Balaban J connectivity index is 1.80. The van der Waals surface area contributed by atoms with Gasteiger partial charge in [-0.1, -0.05) is 18.2 Å². The molecule has 0 aliphatic carbocycles. The summed E-state index contributed by atoms with van der Waals surface area (Å²) in [5.74, 6) is 0.0256. The number of rotatable bonds is 3. The lowest BCUT2D eigenvalue weighted by Gasteiger charge is -2.32. The number of para-hydroxylation sites is 1. The van der Waals surface area contributed by atoms with Crippen LogP contribution in [0.25, 0.3) is 11.0 Å². The lowest BCUT2D eigenvalue weighted by atomic mass is 10.2. The third kappa shape index (κ3) is 2.47. The molecule has 5 heteroatoms. The molecule has 0 bridgehead atoms. The first-order chi connectivity index (χ1) is 9.24. The maximum absolute atomic E-state index is 11.2. The highest BCUT2D eigenvalue weighted by molar-refractivity contribution is 5.77. The predicted octanol–water partition coefficient (Wildman–Crippen LogP) is 1.29. The van der Waals surface area contributed by atoms with Crippen LogP contribution >= 0.6 is 0 Å². The first-order valence-electron chi connectivity index (χ1n) is 6.39. The van der Waals surface area contributed by atoms with E-state index >= 15 is 0 Å². The van der Waals surface area contributed by atoms with Gasteiger partial charge in [0, 0.05) is 25.0 Å². The average Bonchev–Trinajstić information content (AvgIpc) is 2.81. The highest BCUT2D eigenvalue weighted by atomic mass is 16.4. The summed E-state index contributed by atoms with van der Waals surface area (Å²) in [5.41, 5.74) is 0.847. The Morgan fingerprint density at radius 2 is 2.32 bits per heavy atom. The van der Waals surface area contributed by atoms with E-state index < -0.39 is 12.0 Å². The summed E-state index contributed by atoms with van der Waals surface area (Å²) in [4.78, 5) is 13.2. The minimum absolute atomic E-state index is 0.482. The van der Waals surface area contributed by atoms with Crippen LogP contribution in [0, 0.1) is 0 Å². The van der Waals surface area contributed by atoms with Crippen LogP contribution in [0.15, 0.2) is 34.7 Å². The number of fused-ring (bicyclic) bond motifs is 1. The summed E-state index contributed by atoms with van der Waals surface area (Å²) in [6.07, 6.45) is 0. The Morgan fingerprint density at radius 3 is 3.11 bits per heavy atom. The molecule has 19 heavy (non-hydrogen) atoms. The third-order valence-electron chi connectivity index (χ3n) is 3.47. The van der Waals surface area contributed by atoms with Gasteiger partial charge in [-0.25, -0.2) is 0 Å². The van der Waals surface area contributed by atoms with Gasteiger partial charge in [0.15, 0.2) is 0 Å². The molecule has 1 fully saturated rings. The van der Waals surface area contributed by atoms with Crippen molar-refractivity contribution in [3.63, 3.8) is 0 Å². The van der Waals surface area contributed by atoms with Gasteiger partial charge in [-0.05, 0) is 12.1 Å². The summed E-state index contributed by atoms with van der Waals surface area (Å²) >= 11 is 0. The van der Waals surface area contributed by atoms with Crippen LogP contribution in [0.2, 0.25) is 0 Å². The van der Waals surface area contributed by atoms with Gasteiger partial charge in [0.1, 0.15) is 17.4 Å². The van der Waals surface area contributed by atoms with Gasteiger partial charge in [0.05, 0.1) is 6.54 Å². The number of carboxylic acids is 1. The van der Waals surface area contributed by atoms with Gasteiger partial charge in [0.25, 0.3) is 0 Å². The molecular weight excluding hydrogens is 244 g/mol. The number of piperazine rings is 1. The highest BCUT2D eigenvalue weighted by Gasteiger charge is 2.28. The van der Waals surface area contributed by atoms with Crippen molar-refractivity contribution in [3.8, 4) is 0 Å². The number of carboxylic acid groups (broad SMARTS) is 1. The van der Waals surface area contributed by atoms with Crippen LogP contribution in [0.5, 0.6) is 0 Å². The number of furan rings is 1. The molecule has 1 atom stereocenters. The van der Waals surface area contributed by atoms with Crippen molar-refractivity contribution in [3.05, 3.63) is 36.1 Å². The quantitative estimate of drug-likeness (QED) is 0.870. The number of aliphatic carboxylic acids is 1. The molecule has 0 amide bonds. The molecule has 1 aromatic carbocycles. The molecule has 3 rings (SSSR count). The van der Waals surface area contributed by atoms with E-state index in [9.17, 15) is 9.90 Å². The van der Waals surface area contributed by atoms with Crippen LogP contribution in [-0.2, 0) is 11.3 Å². The number of hydrogen-bond acceptors (Lipinski definition) is 4. The Hall–Kier alpha value is -1.85. The fraction of sp³-hybridized carbons (Fsp3) is 0.357. The van der Waals surface area contributed by atoms with E-state index in [-0.39, 0.29) is 0 Å². The zero-order valence-corrected chi connectivity index (χ0v) is 10.5. The summed E-state index contributed by atoms with van der Waals surface area (Å²) in [6.45, 7) is 2.54. The lowest BCUT2D eigenvalue weighted by molar-refractivity contribution is -0.144. The molecule has 2 N–H and O–H groups in total. The number of hydrogen-bond donors (Lipinski definition) is 2. The Morgan fingerprint density at radius 1 is 1.47 bits per heavy atom. The molecule has 0 spiro atoms. The van der Waals surface area contributed by atoms with Crippen molar-refractivity contribution in [2.75, 3.05) is 19.6 Å². The van der Waals surface area contributed by atoms with E-state index in [4.69, 9.17) is 4.42 Å². The van der Waals surface area contributed by atoms with Gasteiger partial charge in [-0.15, -0.1) is 0 Å². The second-order valence-electron chi connectivity index (χ2n) is 4.78. The minimum atomic E-state index is -0.789. The summed E-state index contributed by atoms with van der Waals surface area (Å²) in [7, 11) is 0. The molecule has 2 heterocycles. The van der Waals surface area contributed by atoms with E-state index in [1.807, 2.05) is 35.2 Å². The number of nitrogens with zero attached hydrogens (tertiary/aromatic N) is 1. The topological polar surface area (TPSA) is 65.7 Å². The SMILES string of the molecule is O=C(O)C1CNCCN1Cc1cc2ccccc2o1. The van der Waals surface area contributed by atoms with E-state index in [0.29, 0.717) is 19.6 Å². The summed E-state index contributed by atoms with van der Waals surface area (Å²) in [5, 5.41) is 13.4. The van der Waals surface area contributed by atoms with Crippen molar-refractivity contribution in [2.45, 2.75) is 12.6 Å². The van der Waals surface area contributed by atoms with Crippen molar-refractivity contribution in [1.29, 1.82) is 0 Å². The smallest absolute Gasteiger partial charge is 0.322 e. The number of carbonyl (C=O) groups is 1. The van der Waals surface area contributed by atoms with Gasteiger partial charge >= 0.3 is 5.97 Å². The normalized spacial score (nSPS) is 20.7. The fourth-order valence-corrected chi connectivity index (χ4v) is 2.49. The van der Waals surface area contributed by atoms with Crippen molar-refractivity contribution < 1.29 is 14.3 Å². The third-order valence-corrected chi connectivity index (χ3v) is 3.47. The fourth-order valence-electron chi connectivity index (χ4n) is 2.49. The molecule has 2 aromatic rings. The largest absolute Gasteiger partial charge is 0.480 e. The maximum atomic E-state index is 11.2. The molecule has 0 saturated carbocycles. The number of nitrogens with one attached hydrogen (secondary N) is 1. The van der Waals surface area contributed by atoms with Gasteiger partial charge in [-0.3, -0.25) is 9.69 Å². The number of benzene rings is 1. The predicted molar refractivity (Wildman–Crippen MR) is 70.9 cm³/mol. The maximum Gasteiger partial charge on any atom is 0.322 e. The first kappa shape index (κ1) is 12.2. The van der Waals surface area contributed by atoms with E-state index in [1.54, 1.807) is 0 Å². The second-order valence-corrected chi connectivity index (χ2v) is 4.78. The second kappa shape index (κ2) is 5.03. The Labute approximate surface area is 110 Å². The van der Waals surface area contributed by atoms with Crippen molar-refractivity contribution in [1.82, 2.24) is 10.2 Å². The first-order valence-corrected chi connectivity index (χ1v) is 6.39. The Bertz CT molecular complexity index is 560. The molecule has 0 radical (unpaired) electrons. The molecule has 1 aliphatic rings. The molecule has 1 aliphatic heterocycles. The summed E-state index contributed by atoms with van der Waals surface area (Å²) in [6, 6.07) is 9.31. The average molecular weight is 260 g/mol. The van der Waals surface area contributed by atoms with Gasteiger partial charge in [0.2, 0.25) is 0 Å². The molecule has 1 unspecified atom stereocenters. The van der Waals surface area contributed by atoms with Gasteiger partial charge < -0.3 is 14.8 Å². The zero-order valence-electron chi connectivity index (χ0n) is 10.5. The zero-order chi connectivity index (χ0) is 13.2. The molecule has 1 aromatic heterocycles. The van der Waals surface area contributed by atoms with Crippen molar-refractivity contribution >= 4 is 16.9 Å². The lowest BCUT2D eigenvalue weighted by Crippen LogP contribution is -2.54. The summed E-state index contributed by atoms with van der Waals surface area (Å²) < 4.78 is 5.74. The van der Waals surface area contributed by atoms with E-state index in [2.05, 4.69) is 5.32 Å². The van der Waals surface area contributed by atoms with E-state index in [1.165, 1.54) is 0 Å². The Kier molecular flexibility index (Phi) is 3.23. The molecule has 5 nitrogen and oxygen atoms in total. The van der Waals surface area contributed by atoms with Crippen LogP contribution in [0.1, 0.15) is 5.76 Å². The van der Waals surface area contributed by atoms with Crippen LogP contribution in [-0.4, -0.2) is 41.7 Å². The molecule has 1 saturated heterocycles. The minimum Gasteiger partial charge on any atom is -0.480 e. The molecular formula is C14H16N2O3. The van der Waals surface area contributed by atoms with Crippen molar-refractivity contribution in [2.24, 2.45) is 0 Å². The van der Waals surface area contributed by atoms with Crippen LogP contribution in [0.4, 0.5) is 0 Å². The van der Waals surface area contributed by atoms with E-state index in [0.717, 1.165) is 23.3 Å². The van der Waals surface area contributed by atoms with Crippen LogP contribution in [0.3, 0.4) is 0 Å². The standard InChI is InChI=1S/C14H16N2O3/c17-14(18)12-8-15-5-6-16(12)9-11-7-10-3-1-2-4-13(10)19-11/h1-4,7,12,15H,5-6,8-9H2,(H,17,18). The highest BCUT2D eigenvalue weighted by Crippen LogP contribution is 2.21. The van der Waals surface area contributed by atoms with Crippen LogP contribution < -0.4 is 5.32 Å². The molecule has 100 valence electrons. The monoisotopic (exact) mass is 260 g/mol.